The summed E-state index contributed by atoms with van der Waals surface area (Å²) in [5.74, 6) is -4.59. The molecule has 0 atom stereocenters. The summed E-state index contributed by atoms with van der Waals surface area (Å²) >= 11 is 0. The molecule has 0 saturated carbocycles. The third-order valence-corrected chi connectivity index (χ3v) is 2.65. The smallest absolute Gasteiger partial charge is 0.335 e. The van der Waals surface area contributed by atoms with E-state index in [1.165, 1.54) is 18.2 Å². The number of halogens is 3. The quantitative estimate of drug-likeness (QED) is 0.840. The van der Waals surface area contributed by atoms with Gasteiger partial charge in [-0.25, -0.2) is 18.0 Å². The fourth-order valence-corrected chi connectivity index (χ4v) is 1.81. The van der Waals surface area contributed by atoms with Gasteiger partial charge in [0.1, 0.15) is 5.82 Å². The van der Waals surface area contributed by atoms with Crippen molar-refractivity contribution in [3.63, 3.8) is 0 Å². The zero-order valence-electron chi connectivity index (χ0n) is 9.88. The van der Waals surface area contributed by atoms with E-state index in [0.29, 0.717) is 17.7 Å². The summed E-state index contributed by atoms with van der Waals surface area (Å²) in [6.45, 7) is 1.63. The molecule has 0 unspecified atom stereocenters. The molecular formula is C14H9F3O2. The summed E-state index contributed by atoms with van der Waals surface area (Å²) in [6, 6.07) is 5.27. The van der Waals surface area contributed by atoms with Crippen LogP contribution in [0, 0.1) is 24.4 Å². The molecule has 98 valence electrons. The minimum atomic E-state index is -1.28. The molecule has 0 aromatic heterocycles. The first-order valence-electron chi connectivity index (χ1n) is 5.38. The molecular weight excluding hydrogens is 257 g/mol. The van der Waals surface area contributed by atoms with E-state index in [4.69, 9.17) is 5.11 Å². The van der Waals surface area contributed by atoms with Crippen molar-refractivity contribution in [1.29, 1.82) is 0 Å². The molecule has 2 rings (SSSR count). The normalized spacial score (nSPS) is 10.5. The predicted molar refractivity (Wildman–Crippen MR) is 63.4 cm³/mol. The summed E-state index contributed by atoms with van der Waals surface area (Å²) in [5.41, 5.74) is 0.553. The van der Waals surface area contributed by atoms with Gasteiger partial charge in [0.2, 0.25) is 0 Å². The van der Waals surface area contributed by atoms with Crippen molar-refractivity contribution in [1.82, 2.24) is 0 Å². The van der Waals surface area contributed by atoms with Crippen LogP contribution in [0.2, 0.25) is 0 Å². The first-order valence-corrected chi connectivity index (χ1v) is 5.38. The average molecular weight is 266 g/mol. The van der Waals surface area contributed by atoms with Crippen molar-refractivity contribution in [3.05, 3.63) is 58.9 Å². The molecule has 0 spiro atoms. The van der Waals surface area contributed by atoms with Gasteiger partial charge in [0.25, 0.3) is 0 Å². The van der Waals surface area contributed by atoms with Crippen molar-refractivity contribution >= 4 is 5.97 Å². The lowest BCUT2D eigenvalue weighted by Gasteiger charge is -2.07. The summed E-state index contributed by atoms with van der Waals surface area (Å²) in [7, 11) is 0. The van der Waals surface area contributed by atoms with Gasteiger partial charge in [-0.2, -0.15) is 0 Å². The first kappa shape index (κ1) is 13.1. The number of benzene rings is 2. The number of hydrogen-bond acceptors (Lipinski definition) is 1. The number of carbonyl (C=O) groups is 1. The van der Waals surface area contributed by atoms with Crippen LogP contribution in [0.1, 0.15) is 15.9 Å². The summed E-state index contributed by atoms with van der Waals surface area (Å²) < 4.78 is 39.6. The molecule has 2 aromatic carbocycles. The Kier molecular flexibility index (Phi) is 3.29. The van der Waals surface area contributed by atoms with Crippen LogP contribution in [-0.2, 0) is 0 Å². The molecule has 2 aromatic rings. The van der Waals surface area contributed by atoms with Gasteiger partial charge in [-0.15, -0.1) is 0 Å². The van der Waals surface area contributed by atoms with Crippen LogP contribution in [0.3, 0.4) is 0 Å². The predicted octanol–water partition coefficient (Wildman–Crippen LogP) is 3.78. The average Bonchev–Trinajstić information content (AvgIpc) is 2.33. The Balaban J connectivity index is 2.65. The molecule has 0 heterocycles. The molecule has 5 heteroatoms. The standard InChI is InChI=1S/C14H9F3O2/c1-7-2-8(4-9(3-7)14(18)19)10-5-12(16)13(17)6-11(10)15/h2-6H,1H3,(H,18,19). The van der Waals surface area contributed by atoms with Crippen molar-refractivity contribution in [3.8, 4) is 11.1 Å². The van der Waals surface area contributed by atoms with Crippen LogP contribution in [0.25, 0.3) is 11.1 Å². The van der Waals surface area contributed by atoms with Crippen molar-refractivity contribution in [2.75, 3.05) is 0 Å². The number of aromatic carboxylic acids is 1. The van der Waals surface area contributed by atoms with Crippen molar-refractivity contribution < 1.29 is 23.1 Å². The number of carboxylic acid groups (broad SMARTS) is 1. The van der Waals surface area contributed by atoms with Crippen LogP contribution < -0.4 is 0 Å². The van der Waals surface area contributed by atoms with E-state index in [1.807, 2.05) is 0 Å². The minimum absolute atomic E-state index is 0.0425. The zero-order chi connectivity index (χ0) is 14.2. The Morgan fingerprint density at radius 2 is 1.58 bits per heavy atom. The maximum Gasteiger partial charge on any atom is 0.335 e. The van der Waals surface area contributed by atoms with Crippen molar-refractivity contribution in [2.45, 2.75) is 6.92 Å². The van der Waals surface area contributed by atoms with Crippen molar-refractivity contribution in [2.24, 2.45) is 0 Å². The van der Waals surface area contributed by atoms with Crippen LogP contribution in [0.4, 0.5) is 13.2 Å². The second kappa shape index (κ2) is 4.76. The van der Waals surface area contributed by atoms with Gasteiger partial charge in [0.05, 0.1) is 5.56 Å². The molecule has 0 aliphatic rings. The Bertz CT molecular complexity index is 666. The highest BCUT2D eigenvalue weighted by Crippen LogP contribution is 2.27. The Hall–Kier alpha value is -2.30. The van der Waals surface area contributed by atoms with E-state index in [-0.39, 0.29) is 16.7 Å². The number of aryl methyl sites for hydroxylation is 1. The third kappa shape index (κ3) is 2.59. The van der Waals surface area contributed by atoms with E-state index in [1.54, 1.807) is 6.92 Å². The second-order valence-electron chi connectivity index (χ2n) is 4.14. The summed E-state index contributed by atoms with van der Waals surface area (Å²) in [4.78, 5) is 10.9. The van der Waals surface area contributed by atoms with E-state index in [2.05, 4.69) is 0 Å². The van der Waals surface area contributed by atoms with Crippen LogP contribution in [-0.4, -0.2) is 11.1 Å². The van der Waals surface area contributed by atoms with E-state index in [0.717, 1.165) is 0 Å². The highest BCUT2D eigenvalue weighted by atomic mass is 19.2. The fraction of sp³-hybridized carbons (Fsp3) is 0.0714. The molecule has 0 fully saturated rings. The highest BCUT2D eigenvalue weighted by molar-refractivity contribution is 5.89. The maximum atomic E-state index is 13.6. The van der Waals surface area contributed by atoms with Crippen LogP contribution in [0.5, 0.6) is 0 Å². The number of carboxylic acids is 1. The lowest BCUT2D eigenvalue weighted by atomic mass is 9.99. The van der Waals surface area contributed by atoms with Gasteiger partial charge in [-0.05, 0) is 36.2 Å². The highest BCUT2D eigenvalue weighted by Gasteiger charge is 2.14. The molecule has 0 aliphatic heterocycles. The molecule has 2 nitrogen and oxygen atoms in total. The zero-order valence-corrected chi connectivity index (χ0v) is 9.88. The van der Waals surface area contributed by atoms with Gasteiger partial charge < -0.3 is 5.11 Å². The van der Waals surface area contributed by atoms with Gasteiger partial charge in [-0.3, -0.25) is 0 Å². The van der Waals surface area contributed by atoms with Gasteiger partial charge in [0, 0.05) is 11.6 Å². The molecule has 0 saturated heterocycles. The maximum absolute atomic E-state index is 13.6. The minimum Gasteiger partial charge on any atom is -0.478 e. The van der Waals surface area contributed by atoms with E-state index < -0.39 is 23.4 Å². The van der Waals surface area contributed by atoms with Crippen LogP contribution >= 0.6 is 0 Å². The third-order valence-electron chi connectivity index (χ3n) is 2.65. The molecule has 0 radical (unpaired) electrons. The monoisotopic (exact) mass is 266 g/mol. The van der Waals surface area contributed by atoms with E-state index >= 15 is 0 Å². The Morgan fingerprint density at radius 1 is 0.947 bits per heavy atom. The first-order chi connectivity index (χ1) is 8.88. The topological polar surface area (TPSA) is 37.3 Å². The Labute approximate surface area is 107 Å². The molecule has 1 N–H and O–H groups in total. The number of rotatable bonds is 2. The lowest BCUT2D eigenvalue weighted by molar-refractivity contribution is 0.0697. The van der Waals surface area contributed by atoms with Gasteiger partial charge in [-0.1, -0.05) is 6.07 Å². The SMILES string of the molecule is Cc1cc(C(=O)O)cc(-c2cc(F)c(F)cc2F)c1. The fourth-order valence-electron chi connectivity index (χ4n) is 1.81. The molecule has 0 amide bonds. The van der Waals surface area contributed by atoms with Gasteiger partial charge in [0.15, 0.2) is 11.6 Å². The Morgan fingerprint density at radius 3 is 2.21 bits per heavy atom. The van der Waals surface area contributed by atoms with Gasteiger partial charge >= 0.3 is 5.97 Å². The van der Waals surface area contributed by atoms with Crippen LogP contribution in [0.15, 0.2) is 30.3 Å². The largest absolute Gasteiger partial charge is 0.478 e. The summed E-state index contributed by atoms with van der Waals surface area (Å²) in [6.07, 6.45) is 0. The lowest BCUT2D eigenvalue weighted by Crippen LogP contribution is -1.98. The summed E-state index contributed by atoms with van der Waals surface area (Å²) in [5, 5.41) is 8.92. The van der Waals surface area contributed by atoms with E-state index in [9.17, 15) is 18.0 Å². The number of hydrogen-bond donors (Lipinski definition) is 1. The molecule has 0 aliphatic carbocycles. The molecule has 19 heavy (non-hydrogen) atoms. The second-order valence-corrected chi connectivity index (χ2v) is 4.14. The molecule has 0 bridgehead atoms.